The number of nitrogens with zero attached hydrogens (tertiary/aromatic N) is 2. The minimum Gasteiger partial charge on any atom is -0.508 e. The van der Waals surface area contributed by atoms with E-state index in [1.807, 2.05) is 48.5 Å². The first-order valence-electron chi connectivity index (χ1n) is 17.0. The van der Waals surface area contributed by atoms with Crippen LogP contribution in [0.4, 0.5) is 11.4 Å². The van der Waals surface area contributed by atoms with Crippen molar-refractivity contribution in [3.8, 4) is 34.5 Å². The van der Waals surface area contributed by atoms with Crippen molar-refractivity contribution in [2.45, 2.75) is 26.2 Å². The second-order valence-electron chi connectivity index (χ2n) is 13.3. The van der Waals surface area contributed by atoms with Gasteiger partial charge in [-0.1, -0.05) is 50.2 Å². The third-order valence-electron chi connectivity index (χ3n) is 9.43. The lowest BCUT2D eigenvalue weighted by atomic mass is 9.78. The molecule has 2 N–H and O–H groups in total. The Hall–Kier alpha value is -7.20. The van der Waals surface area contributed by atoms with Gasteiger partial charge in [-0.25, -0.2) is 9.80 Å². The molecule has 7 rings (SSSR count). The van der Waals surface area contributed by atoms with E-state index in [1.54, 1.807) is 67.6 Å². The Morgan fingerprint density at radius 1 is 0.648 bits per heavy atom. The summed E-state index contributed by atoms with van der Waals surface area (Å²) in [5.74, 6) is 0.500. The summed E-state index contributed by atoms with van der Waals surface area (Å²) in [6.45, 7) is 5.98. The van der Waals surface area contributed by atoms with E-state index < -0.39 is 17.7 Å². The summed E-state index contributed by atoms with van der Waals surface area (Å²) in [6.07, 6.45) is 0.422. The molecule has 0 unspecified atom stereocenters. The Morgan fingerprint density at radius 3 is 1.76 bits per heavy atom. The first kappa shape index (κ1) is 35.2. The SMILES string of the molecule is Cc1cc(Oc2ccc(C(C)(C)c3ccc(Oc4ccc5c(c4)C(=O)N(c4cccc(O)c4)C5=O)cc3)cc2)ccc1C(=O)N(C=O)c1cccc(O)c1. The fraction of sp³-hybridized carbons (Fsp3) is 0.0909. The van der Waals surface area contributed by atoms with Crippen LogP contribution >= 0.6 is 0 Å². The van der Waals surface area contributed by atoms with Gasteiger partial charge in [-0.3, -0.25) is 19.2 Å². The Kier molecular flexibility index (Phi) is 9.18. The molecule has 0 aromatic heterocycles. The van der Waals surface area contributed by atoms with Gasteiger partial charge >= 0.3 is 0 Å². The lowest BCUT2D eigenvalue weighted by Gasteiger charge is -2.26. The zero-order chi connectivity index (χ0) is 38.1. The second kappa shape index (κ2) is 14.1. The molecule has 0 fully saturated rings. The van der Waals surface area contributed by atoms with E-state index in [-0.39, 0.29) is 39.4 Å². The summed E-state index contributed by atoms with van der Waals surface area (Å²) in [4.78, 5) is 53.1. The fourth-order valence-corrected chi connectivity index (χ4v) is 6.41. The Balaban J connectivity index is 1.00. The number of hydrogen-bond acceptors (Lipinski definition) is 8. The van der Waals surface area contributed by atoms with E-state index in [1.165, 1.54) is 24.3 Å². The largest absolute Gasteiger partial charge is 0.508 e. The molecule has 54 heavy (non-hydrogen) atoms. The molecule has 0 saturated heterocycles. The smallest absolute Gasteiger partial charge is 0.266 e. The molecule has 1 aliphatic heterocycles. The summed E-state index contributed by atoms with van der Waals surface area (Å²) in [5.41, 5.74) is 3.66. The maximum Gasteiger partial charge on any atom is 0.266 e. The molecule has 10 nitrogen and oxygen atoms in total. The normalized spacial score (nSPS) is 12.3. The van der Waals surface area contributed by atoms with E-state index >= 15 is 0 Å². The highest BCUT2D eigenvalue weighted by Crippen LogP contribution is 2.37. The fourth-order valence-electron chi connectivity index (χ4n) is 6.41. The van der Waals surface area contributed by atoms with Gasteiger partial charge in [0, 0.05) is 23.1 Å². The number of benzene rings is 6. The molecule has 1 aliphatic rings. The molecule has 6 aromatic carbocycles. The van der Waals surface area contributed by atoms with Crippen molar-refractivity contribution in [1.29, 1.82) is 0 Å². The van der Waals surface area contributed by atoms with Gasteiger partial charge in [0.15, 0.2) is 0 Å². The summed E-state index contributed by atoms with van der Waals surface area (Å²) >= 11 is 0. The molecule has 0 radical (unpaired) electrons. The van der Waals surface area contributed by atoms with Crippen LogP contribution in [-0.4, -0.2) is 34.3 Å². The topological polar surface area (TPSA) is 134 Å². The molecule has 0 spiro atoms. The van der Waals surface area contributed by atoms with Crippen molar-refractivity contribution in [3.63, 3.8) is 0 Å². The van der Waals surface area contributed by atoms with Gasteiger partial charge in [0.05, 0.1) is 22.5 Å². The van der Waals surface area contributed by atoms with Crippen LogP contribution in [0.5, 0.6) is 34.5 Å². The maximum absolute atomic E-state index is 13.2. The molecule has 0 aliphatic carbocycles. The van der Waals surface area contributed by atoms with Gasteiger partial charge in [-0.15, -0.1) is 0 Å². The minimum absolute atomic E-state index is 0.0473. The Morgan fingerprint density at radius 2 is 1.19 bits per heavy atom. The molecule has 6 aromatic rings. The van der Waals surface area contributed by atoms with Gasteiger partial charge < -0.3 is 19.7 Å². The minimum atomic E-state index is -0.526. The molecule has 4 amide bonds. The molecule has 0 atom stereocenters. The molecule has 268 valence electrons. The quantitative estimate of drug-likeness (QED) is 0.106. The van der Waals surface area contributed by atoms with E-state index in [0.717, 1.165) is 20.9 Å². The molecule has 10 heteroatoms. The standard InChI is InChI=1S/C44H34N2O8/c1-27-22-36(18-20-38(27)41(50)45(26-47)30-6-4-8-32(48)23-30)53-34-14-10-28(11-15-34)44(2,3)29-12-16-35(17-13-29)54-37-19-21-39-40(25-37)43(52)46(42(39)51)31-7-5-9-33(49)24-31/h4-26,48-49H,1-3H3. The zero-order valence-corrected chi connectivity index (χ0v) is 29.5. The average Bonchev–Trinajstić information content (AvgIpc) is 3.40. The monoisotopic (exact) mass is 718 g/mol. The van der Waals surface area contributed by atoms with E-state index in [9.17, 15) is 29.4 Å². The number of fused-ring (bicyclic) bond motifs is 1. The third kappa shape index (κ3) is 6.75. The van der Waals surface area contributed by atoms with Gasteiger partial charge in [0.25, 0.3) is 17.7 Å². The van der Waals surface area contributed by atoms with Crippen LogP contribution in [0.25, 0.3) is 0 Å². The summed E-state index contributed by atoms with van der Waals surface area (Å²) in [6, 6.07) is 37.1. The Bertz CT molecular complexity index is 2440. The van der Waals surface area contributed by atoms with Crippen molar-refractivity contribution in [1.82, 2.24) is 0 Å². The number of phenols is 2. The number of amides is 4. The lowest BCUT2D eigenvalue weighted by molar-refractivity contribution is -0.106. The molecular formula is C44H34N2O8. The molecule has 1 heterocycles. The predicted molar refractivity (Wildman–Crippen MR) is 203 cm³/mol. The van der Waals surface area contributed by atoms with Gasteiger partial charge in [0.2, 0.25) is 6.41 Å². The number of anilines is 2. The van der Waals surface area contributed by atoms with Crippen molar-refractivity contribution in [3.05, 3.63) is 167 Å². The third-order valence-corrected chi connectivity index (χ3v) is 9.43. The average molecular weight is 719 g/mol. The van der Waals surface area contributed by atoms with E-state index in [2.05, 4.69) is 13.8 Å². The van der Waals surface area contributed by atoms with Crippen LogP contribution in [0.3, 0.4) is 0 Å². The number of carbonyl (C=O) groups excluding carboxylic acids is 4. The second-order valence-corrected chi connectivity index (χ2v) is 13.3. The Labute approximate surface area is 311 Å². The van der Waals surface area contributed by atoms with Crippen molar-refractivity contribution < 1.29 is 38.9 Å². The van der Waals surface area contributed by atoms with E-state index in [0.29, 0.717) is 40.5 Å². The van der Waals surface area contributed by atoms with Gasteiger partial charge in [0.1, 0.15) is 34.5 Å². The highest BCUT2D eigenvalue weighted by atomic mass is 16.5. The molecule has 0 saturated carbocycles. The summed E-state index contributed by atoms with van der Waals surface area (Å²) < 4.78 is 12.2. The lowest BCUT2D eigenvalue weighted by Crippen LogP contribution is -2.29. The van der Waals surface area contributed by atoms with Crippen LogP contribution in [0.2, 0.25) is 0 Å². The van der Waals surface area contributed by atoms with Crippen LogP contribution in [0, 0.1) is 6.92 Å². The number of phenolic OH excluding ortho intramolecular Hbond substituents is 2. The molecular weight excluding hydrogens is 684 g/mol. The van der Waals surface area contributed by atoms with Crippen molar-refractivity contribution in [2.75, 3.05) is 9.80 Å². The van der Waals surface area contributed by atoms with Crippen molar-refractivity contribution >= 4 is 35.5 Å². The highest BCUT2D eigenvalue weighted by Gasteiger charge is 2.37. The van der Waals surface area contributed by atoms with Gasteiger partial charge in [-0.2, -0.15) is 0 Å². The number of imide groups is 2. The van der Waals surface area contributed by atoms with Crippen LogP contribution in [-0.2, 0) is 10.2 Å². The predicted octanol–water partition coefficient (Wildman–Crippen LogP) is 8.92. The van der Waals surface area contributed by atoms with Crippen LogP contribution < -0.4 is 19.3 Å². The van der Waals surface area contributed by atoms with Crippen molar-refractivity contribution in [2.24, 2.45) is 0 Å². The number of aryl methyl sites for hydroxylation is 1. The van der Waals surface area contributed by atoms with Crippen LogP contribution in [0.1, 0.15) is 61.6 Å². The number of rotatable bonds is 10. The number of aromatic hydroxyl groups is 2. The van der Waals surface area contributed by atoms with E-state index in [4.69, 9.17) is 9.47 Å². The summed E-state index contributed by atoms with van der Waals surface area (Å²) in [5, 5.41) is 19.6. The van der Waals surface area contributed by atoms with Crippen LogP contribution in [0.15, 0.2) is 133 Å². The zero-order valence-electron chi connectivity index (χ0n) is 29.5. The summed E-state index contributed by atoms with van der Waals surface area (Å²) in [7, 11) is 0. The first-order valence-corrected chi connectivity index (χ1v) is 17.0. The first-order chi connectivity index (χ1) is 25.9. The highest BCUT2D eigenvalue weighted by molar-refractivity contribution is 6.34. The number of carbonyl (C=O) groups is 4. The maximum atomic E-state index is 13.2. The molecule has 0 bridgehead atoms. The number of ether oxygens (including phenoxy) is 2. The van der Waals surface area contributed by atoms with Gasteiger partial charge in [-0.05, 0) is 109 Å². The number of hydrogen-bond donors (Lipinski definition) is 2.